The van der Waals surface area contributed by atoms with Crippen LogP contribution in [0.4, 0.5) is 5.69 Å². The first-order chi connectivity index (χ1) is 9.31. The summed E-state index contributed by atoms with van der Waals surface area (Å²) in [4.78, 5) is 3.72. The van der Waals surface area contributed by atoms with E-state index in [4.69, 9.17) is 23.2 Å². The van der Waals surface area contributed by atoms with Crippen LogP contribution in [-0.2, 0) is 10.0 Å². The second-order valence-electron chi connectivity index (χ2n) is 3.99. The molecule has 8 heteroatoms. The number of aromatic nitrogens is 1. The summed E-state index contributed by atoms with van der Waals surface area (Å²) in [5.41, 5.74) is 1.12. The van der Waals surface area contributed by atoms with E-state index in [0.717, 1.165) is 5.56 Å². The van der Waals surface area contributed by atoms with E-state index in [9.17, 15) is 8.42 Å². The van der Waals surface area contributed by atoms with E-state index in [2.05, 4.69) is 25.6 Å². The number of halogens is 3. The summed E-state index contributed by atoms with van der Waals surface area (Å²) in [6.07, 6.45) is 3.00. The molecule has 0 fully saturated rings. The van der Waals surface area contributed by atoms with Crippen molar-refractivity contribution in [2.75, 3.05) is 4.72 Å². The first-order valence-electron chi connectivity index (χ1n) is 5.39. The van der Waals surface area contributed by atoms with E-state index < -0.39 is 10.0 Å². The first-order valence-corrected chi connectivity index (χ1v) is 8.42. The molecule has 0 aliphatic rings. The molecule has 106 valence electrons. The average molecular weight is 396 g/mol. The van der Waals surface area contributed by atoms with Gasteiger partial charge in [-0.05, 0) is 30.7 Å². The smallest absolute Gasteiger partial charge is 0.264 e. The van der Waals surface area contributed by atoms with Crippen LogP contribution in [-0.4, -0.2) is 13.4 Å². The lowest BCUT2D eigenvalue weighted by atomic mass is 10.3. The molecule has 0 saturated carbocycles. The maximum absolute atomic E-state index is 12.4. The number of benzene rings is 1. The molecule has 0 atom stereocenters. The zero-order chi connectivity index (χ0) is 14.9. The van der Waals surface area contributed by atoms with E-state index >= 15 is 0 Å². The SMILES string of the molecule is Cc1ccncc1NS(=O)(=O)c1c(Cl)cc(Br)cc1Cl. The van der Waals surface area contributed by atoms with Gasteiger partial charge in [0, 0.05) is 10.7 Å². The van der Waals surface area contributed by atoms with E-state index in [1.54, 1.807) is 19.2 Å². The van der Waals surface area contributed by atoms with Crippen LogP contribution in [0.1, 0.15) is 5.56 Å². The van der Waals surface area contributed by atoms with Crippen LogP contribution in [0.2, 0.25) is 10.0 Å². The van der Waals surface area contributed by atoms with E-state index in [0.29, 0.717) is 10.2 Å². The lowest BCUT2D eigenvalue weighted by Gasteiger charge is -2.12. The molecular formula is C12H9BrCl2N2O2S. The molecule has 1 aromatic carbocycles. The highest BCUT2D eigenvalue weighted by Crippen LogP contribution is 2.34. The number of hydrogen-bond acceptors (Lipinski definition) is 3. The molecule has 0 aliphatic heterocycles. The van der Waals surface area contributed by atoms with Crippen molar-refractivity contribution in [1.82, 2.24) is 4.98 Å². The second kappa shape index (κ2) is 5.89. The average Bonchev–Trinajstić information content (AvgIpc) is 2.30. The highest BCUT2D eigenvalue weighted by molar-refractivity contribution is 9.10. The maximum atomic E-state index is 12.4. The van der Waals surface area contributed by atoms with E-state index in [1.807, 2.05) is 0 Å². The fraction of sp³-hybridized carbons (Fsp3) is 0.0833. The van der Waals surface area contributed by atoms with Crippen molar-refractivity contribution in [1.29, 1.82) is 0 Å². The number of nitrogens with one attached hydrogen (secondary N) is 1. The summed E-state index contributed by atoms with van der Waals surface area (Å²) in [5, 5.41) is 0.0804. The van der Waals surface area contributed by atoms with Crippen LogP contribution in [0, 0.1) is 6.92 Å². The van der Waals surface area contributed by atoms with Gasteiger partial charge >= 0.3 is 0 Å². The Morgan fingerprint density at radius 1 is 1.25 bits per heavy atom. The molecule has 0 spiro atoms. The van der Waals surface area contributed by atoms with Crippen LogP contribution in [0.5, 0.6) is 0 Å². The van der Waals surface area contributed by atoms with Crippen molar-refractivity contribution in [2.45, 2.75) is 11.8 Å². The summed E-state index contributed by atoms with van der Waals surface area (Å²) in [7, 11) is -3.89. The first kappa shape index (κ1) is 15.6. The molecular weight excluding hydrogens is 387 g/mol. The fourth-order valence-corrected chi connectivity index (χ4v) is 4.61. The fourth-order valence-electron chi connectivity index (χ4n) is 1.55. The third kappa shape index (κ3) is 3.25. The quantitative estimate of drug-likeness (QED) is 0.844. The van der Waals surface area contributed by atoms with Gasteiger partial charge in [0.05, 0.1) is 21.9 Å². The summed E-state index contributed by atoms with van der Waals surface area (Å²) in [5.74, 6) is 0. The van der Waals surface area contributed by atoms with Gasteiger partial charge in [0.2, 0.25) is 0 Å². The van der Waals surface area contributed by atoms with Crippen LogP contribution in [0.3, 0.4) is 0 Å². The summed E-state index contributed by atoms with van der Waals surface area (Å²) in [6, 6.07) is 4.64. The van der Waals surface area contributed by atoms with Crippen LogP contribution >= 0.6 is 39.1 Å². The predicted molar refractivity (Wildman–Crippen MR) is 83.9 cm³/mol. The van der Waals surface area contributed by atoms with Gasteiger partial charge in [-0.1, -0.05) is 39.1 Å². The van der Waals surface area contributed by atoms with Crippen LogP contribution < -0.4 is 4.72 Å². The number of hydrogen-bond donors (Lipinski definition) is 1. The number of anilines is 1. The zero-order valence-corrected chi connectivity index (χ0v) is 14.1. The zero-order valence-electron chi connectivity index (χ0n) is 10.2. The van der Waals surface area contributed by atoms with Gasteiger partial charge in [-0.3, -0.25) is 9.71 Å². The lowest BCUT2D eigenvalue weighted by molar-refractivity contribution is 0.601. The summed E-state index contributed by atoms with van der Waals surface area (Å²) in [6.45, 7) is 1.77. The van der Waals surface area contributed by atoms with Gasteiger partial charge in [-0.2, -0.15) is 0 Å². The van der Waals surface area contributed by atoms with Gasteiger partial charge in [-0.15, -0.1) is 0 Å². The number of nitrogens with zero attached hydrogens (tertiary/aromatic N) is 1. The number of pyridine rings is 1. The highest BCUT2D eigenvalue weighted by Gasteiger charge is 2.23. The number of rotatable bonds is 3. The predicted octanol–water partition coefficient (Wildman–Crippen LogP) is 4.26. The molecule has 0 saturated heterocycles. The van der Waals surface area contributed by atoms with Crippen molar-refractivity contribution in [3.8, 4) is 0 Å². The van der Waals surface area contributed by atoms with E-state index in [-0.39, 0.29) is 14.9 Å². The van der Waals surface area contributed by atoms with Crippen molar-refractivity contribution in [2.24, 2.45) is 0 Å². The minimum atomic E-state index is -3.89. The number of sulfonamides is 1. The molecule has 4 nitrogen and oxygen atoms in total. The Bertz CT molecular complexity index is 743. The minimum Gasteiger partial charge on any atom is -0.278 e. The normalized spacial score (nSPS) is 11.4. The van der Waals surface area contributed by atoms with Gasteiger partial charge in [0.15, 0.2) is 0 Å². The minimum absolute atomic E-state index is 0.0402. The van der Waals surface area contributed by atoms with Gasteiger partial charge in [-0.25, -0.2) is 8.42 Å². The highest BCUT2D eigenvalue weighted by atomic mass is 79.9. The molecule has 2 rings (SSSR count). The maximum Gasteiger partial charge on any atom is 0.264 e. The third-order valence-electron chi connectivity index (χ3n) is 2.52. The molecule has 0 bridgehead atoms. The molecule has 1 aromatic heterocycles. The van der Waals surface area contributed by atoms with Crippen LogP contribution in [0.25, 0.3) is 0 Å². The third-order valence-corrected chi connectivity index (χ3v) is 5.26. The summed E-state index contributed by atoms with van der Waals surface area (Å²) >= 11 is 15.2. The molecule has 0 amide bonds. The van der Waals surface area contributed by atoms with Crippen molar-refractivity contribution in [3.05, 3.63) is 50.7 Å². The Balaban J connectivity index is 2.50. The van der Waals surface area contributed by atoms with Gasteiger partial charge in [0.25, 0.3) is 10.0 Å². The molecule has 2 aromatic rings. The van der Waals surface area contributed by atoms with Crippen molar-refractivity contribution in [3.63, 3.8) is 0 Å². The lowest BCUT2D eigenvalue weighted by Crippen LogP contribution is -2.15. The molecule has 20 heavy (non-hydrogen) atoms. The van der Waals surface area contributed by atoms with Crippen LogP contribution in [0.15, 0.2) is 40.0 Å². The Labute approximate surface area is 135 Å². The van der Waals surface area contributed by atoms with Gasteiger partial charge in [0.1, 0.15) is 4.90 Å². The Morgan fingerprint density at radius 2 is 1.85 bits per heavy atom. The topological polar surface area (TPSA) is 59.1 Å². The molecule has 0 unspecified atom stereocenters. The molecule has 1 N–H and O–H groups in total. The van der Waals surface area contributed by atoms with Gasteiger partial charge < -0.3 is 0 Å². The Morgan fingerprint density at radius 3 is 2.40 bits per heavy atom. The Kier molecular flexibility index (Phi) is 4.59. The monoisotopic (exact) mass is 394 g/mol. The Hall–Kier alpha value is -0.820. The molecule has 0 aliphatic carbocycles. The van der Waals surface area contributed by atoms with Crippen molar-refractivity contribution >= 4 is 54.8 Å². The standard InChI is InChI=1S/C12H9BrCl2N2O2S/c1-7-2-3-16-6-11(7)17-20(18,19)12-9(14)4-8(13)5-10(12)15/h2-6,17H,1H3. The largest absolute Gasteiger partial charge is 0.278 e. The van der Waals surface area contributed by atoms with E-state index in [1.165, 1.54) is 18.3 Å². The molecule has 1 heterocycles. The molecule has 0 radical (unpaired) electrons. The van der Waals surface area contributed by atoms with Crippen molar-refractivity contribution < 1.29 is 8.42 Å². The summed E-state index contributed by atoms with van der Waals surface area (Å²) < 4.78 is 27.8. The second-order valence-corrected chi connectivity index (χ2v) is 7.34. The number of aryl methyl sites for hydroxylation is 1.